The van der Waals surface area contributed by atoms with E-state index in [1.165, 1.54) is 5.56 Å². The molecule has 6 heteroatoms. The van der Waals surface area contributed by atoms with E-state index in [9.17, 15) is 4.48 Å². The van der Waals surface area contributed by atoms with E-state index in [1.54, 1.807) is 18.8 Å². The van der Waals surface area contributed by atoms with Crippen LogP contribution < -0.4 is 10.3 Å². The summed E-state index contributed by atoms with van der Waals surface area (Å²) in [6.07, 6.45) is 6.46. The van der Waals surface area contributed by atoms with Crippen molar-refractivity contribution in [2.75, 3.05) is 26.7 Å². The Hall–Kier alpha value is -1.69. The summed E-state index contributed by atoms with van der Waals surface area (Å²) in [5.74, 6) is 1.29. The van der Waals surface area contributed by atoms with Crippen LogP contribution >= 0.6 is 0 Å². The predicted molar refractivity (Wildman–Crippen MR) is 74.6 cm³/mol. The van der Waals surface area contributed by atoms with Crippen LogP contribution in [-0.2, 0) is 6.42 Å². The molecule has 0 aromatic carbocycles. The van der Waals surface area contributed by atoms with Gasteiger partial charge in [-0.2, -0.15) is 0 Å². The minimum Gasteiger partial charge on any atom is -0.485 e. The Kier molecular flexibility index (Phi) is 3.56. The number of hydrogen-bond donors (Lipinski definition) is 1. The van der Waals surface area contributed by atoms with Crippen molar-refractivity contribution >= 4 is 5.84 Å². The van der Waals surface area contributed by atoms with Crippen LogP contribution in [0.1, 0.15) is 18.4 Å². The fourth-order valence-corrected chi connectivity index (χ4v) is 3.02. The summed E-state index contributed by atoms with van der Waals surface area (Å²) in [6, 6.07) is 2.03. The van der Waals surface area contributed by atoms with Crippen LogP contribution in [0.5, 0.6) is 5.75 Å². The molecule has 0 amide bonds. The first-order chi connectivity index (χ1) is 9.74. The lowest BCUT2D eigenvalue weighted by molar-refractivity contribution is 0.0234. The van der Waals surface area contributed by atoms with Gasteiger partial charge in [-0.25, -0.2) is 5.54 Å². The minimum atomic E-state index is -0.0888. The van der Waals surface area contributed by atoms with E-state index >= 15 is 0 Å². The lowest BCUT2D eigenvalue weighted by Gasteiger charge is -2.38. The van der Waals surface area contributed by atoms with Crippen molar-refractivity contribution in [3.63, 3.8) is 0 Å². The van der Waals surface area contributed by atoms with E-state index in [1.807, 2.05) is 12.3 Å². The summed E-state index contributed by atoms with van der Waals surface area (Å²) in [5, 5.41) is 0. The number of pyridine rings is 1. The molecular weight excluding hydrogens is 259 g/mol. The average molecular weight is 278 g/mol. The quantitative estimate of drug-likeness (QED) is 0.504. The van der Waals surface area contributed by atoms with Crippen LogP contribution in [0.4, 0.5) is 4.48 Å². The molecule has 0 radical (unpaired) electrons. The molecule has 0 saturated carbocycles. The molecule has 0 unspecified atom stereocenters. The second-order valence-electron chi connectivity index (χ2n) is 5.49. The van der Waals surface area contributed by atoms with Gasteiger partial charge < -0.3 is 4.74 Å². The highest BCUT2D eigenvalue weighted by atomic mass is 19.2. The normalized spacial score (nSPS) is 21.6. The van der Waals surface area contributed by atoms with E-state index in [-0.39, 0.29) is 5.60 Å². The standard InChI is InChI=1S/C14H19FN4O/c1-16-13(18-15)10-19-6-3-14(4-7-19)8-11-2-5-17-9-12(11)20-14/h2,5,9H,3-4,6-8,10H2,1H3,(H,16,18). The molecule has 5 nitrogen and oxygen atoms in total. The van der Waals surface area contributed by atoms with Crippen molar-refractivity contribution in [2.24, 2.45) is 4.99 Å². The number of likely N-dealkylation sites (tertiary alicyclic amines) is 1. The van der Waals surface area contributed by atoms with E-state index in [0.717, 1.165) is 38.1 Å². The number of nitrogens with zero attached hydrogens (tertiary/aromatic N) is 3. The van der Waals surface area contributed by atoms with Gasteiger partial charge in [0.15, 0.2) is 0 Å². The van der Waals surface area contributed by atoms with Gasteiger partial charge in [0, 0.05) is 51.2 Å². The number of piperidine rings is 1. The number of ether oxygens (including phenoxy) is 1. The number of nitrogens with one attached hydrogen (secondary N) is 1. The van der Waals surface area contributed by atoms with Gasteiger partial charge in [-0.1, -0.05) is 0 Å². The van der Waals surface area contributed by atoms with Crippen molar-refractivity contribution in [3.05, 3.63) is 24.0 Å². The maximum atomic E-state index is 12.4. The molecule has 108 valence electrons. The molecule has 2 aliphatic heterocycles. The highest BCUT2D eigenvalue weighted by Gasteiger charge is 2.42. The molecule has 3 rings (SSSR count). The molecule has 1 spiro atoms. The van der Waals surface area contributed by atoms with Crippen molar-refractivity contribution in [1.29, 1.82) is 0 Å². The van der Waals surface area contributed by atoms with Crippen LogP contribution in [0.15, 0.2) is 23.5 Å². The number of fused-ring (bicyclic) bond motifs is 1. The summed E-state index contributed by atoms with van der Waals surface area (Å²) < 4.78 is 18.6. The molecular formula is C14H19FN4O. The van der Waals surface area contributed by atoms with Crippen LogP contribution in [0.2, 0.25) is 0 Å². The Morgan fingerprint density at radius 3 is 3.00 bits per heavy atom. The topological polar surface area (TPSA) is 49.8 Å². The Morgan fingerprint density at radius 2 is 2.35 bits per heavy atom. The third kappa shape index (κ3) is 2.47. The molecule has 1 N–H and O–H groups in total. The first-order valence-electron chi connectivity index (χ1n) is 6.91. The van der Waals surface area contributed by atoms with Gasteiger partial charge in [0.05, 0.1) is 12.7 Å². The van der Waals surface area contributed by atoms with Gasteiger partial charge in [-0.15, -0.1) is 4.48 Å². The Bertz CT molecular complexity index is 485. The Labute approximate surface area is 117 Å². The molecule has 0 aliphatic carbocycles. The lowest BCUT2D eigenvalue weighted by Crippen LogP contribution is -2.49. The number of halogens is 1. The molecule has 1 saturated heterocycles. The fraction of sp³-hybridized carbons (Fsp3) is 0.571. The monoisotopic (exact) mass is 278 g/mol. The number of hydrogen-bond acceptors (Lipinski definition) is 4. The zero-order valence-corrected chi connectivity index (χ0v) is 11.6. The summed E-state index contributed by atoms with van der Waals surface area (Å²) in [4.78, 5) is 10.2. The van der Waals surface area contributed by atoms with E-state index in [0.29, 0.717) is 12.4 Å². The highest BCUT2D eigenvalue weighted by Crippen LogP contribution is 2.40. The van der Waals surface area contributed by atoms with Gasteiger partial charge in [-0.3, -0.25) is 14.9 Å². The van der Waals surface area contributed by atoms with Crippen molar-refractivity contribution in [1.82, 2.24) is 15.4 Å². The third-order valence-electron chi connectivity index (χ3n) is 4.23. The predicted octanol–water partition coefficient (Wildman–Crippen LogP) is 1.35. The number of amidine groups is 1. The van der Waals surface area contributed by atoms with Gasteiger partial charge in [0.1, 0.15) is 17.2 Å². The zero-order valence-electron chi connectivity index (χ0n) is 11.6. The van der Waals surface area contributed by atoms with E-state index in [4.69, 9.17) is 4.74 Å². The summed E-state index contributed by atoms with van der Waals surface area (Å²) in [5.41, 5.74) is 2.80. The minimum absolute atomic E-state index is 0.0888. The van der Waals surface area contributed by atoms with Crippen LogP contribution in [0, 0.1) is 0 Å². The SMILES string of the molecule is C/N=C(/CN1CCC2(CC1)Cc1ccncc1O2)NF. The fourth-order valence-electron chi connectivity index (χ4n) is 3.02. The number of rotatable bonds is 2. The molecule has 3 heterocycles. The van der Waals surface area contributed by atoms with Gasteiger partial charge >= 0.3 is 0 Å². The van der Waals surface area contributed by atoms with Crippen LogP contribution in [0.3, 0.4) is 0 Å². The Balaban J connectivity index is 1.60. The number of aliphatic imine (C=N–C) groups is 1. The average Bonchev–Trinajstić information content (AvgIpc) is 2.84. The molecule has 0 atom stereocenters. The largest absolute Gasteiger partial charge is 0.485 e. The summed E-state index contributed by atoms with van der Waals surface area (Å²) >= 11 is 0. The van der Waals surface area contributed by atoms with Crippen LogP contribution in [-0.4, -0.2) is 48.0 Å². The van der Waals surface area contributed by atoms with Gasteiger partial charge in [-0.05, 0) is 6.07 Å². The summed E-state index contributed by atoms with van der Waals surface area (Å²) in [6.45, 7) is 2.31. The van der Waals surface area contributed by atoms with E-state index in [2.05, 4.69) is 14.9 Å². The molecule has 1 aromatic heterocycles. The highest BCUT2D eigenvalue weighted by molar-refractivity contribution is 5.82. The molecule has 2 aliphatic rings. The maximum absolute atomic E-state index is 12.4. The zero-order chi connectivity index (χ0) is 14.0. The van der Waals surface area contributed by atoms with Gasteiger partial charge in [0.25, 0.3) is 0 Å². The lowest BCUT2D eigenvalue weighted by atomic mass is 9.87. The number of aromatic nitrogens is 1. The smallest absolute Gasteiger partial charge is 0.141 e. The van der Waals surface area contributed by atoms with Crippen LogP contribution in [0.25, 0.3) is 0 Å². The maximum Gasteiger partial charge on any atom is 0.141 e. The summed E-state index contributed by atoms with van der Waals surface area (Å²) in [7, 11) is 1.59. The van der Waals surface area contributed by atoms with Crippen molar-refractivity contribution < 1.29 is 9.22 Å². The molecule has 1 aromatic rings. The first-order valence-corrected chi connectivity index (χ1v) is 6.91. The molecule has 1 fully saturated rings. The first kappa shape index (κ1) is 13.3. The molecule has 20 heavy (non-hydrogen) atoms. The second kappa shape index (κ2) is 5.36. The van der Waals surface area contributed by atoms with Crippen molar-refractivity contribution in [2.45, 2.75) is 24.9 Å². The van der Waals surface area contributed by atoms with Gasteiger partial charge in [0.2, 0.25) is 0 Å². The van der Waals surface area contributed by atoms with Crippen molar-refractivity contribution in [3.8, 4) is 5.75 Å². The second-order valence-corrected chi connectivity index (χ2v) is 5.49. The third-order valence-corrected chi connectivity index (χ3v) is 4.23. The molecule has 0 bridgehead atoms. The van der Waals surface area contributed by atoms with E-state index < -0.39 is 0 Å². The Morgan fingerprint density at radius 1 is 1.55 bits per heavy atom.